The largest absolute Gasteiger partial charge is 0.457 e. The Bertz CT molecular complexity index is 1050. The van der Waals surface area contributed by atoms with Crippen molar-refractivity contribution >= 4 is 15.0 Å². The number of halogens is 2. The van der Waals surface area contributed by atoms with Crippen LogP contribution in [0.3, 0.4) is 0 Å². The number of nitrogens with zero attached hydrogens (tertiary/aromatic N) is 5. The number of ketones is 1. The Balaban J connectivity index is 1.78. The smallest absolute Gasteiger partial charge is 0.316 e. The van der Waals surface area contributed by atoms with Crippen LogP contribution in [-0.2, 0) is 6.54 Å². The highest BCUT2D eigenvalue weighted by atomic mass is 31.0. The minimum absolute atomic E-state index is 0.0295. The molecule has 0 aliphatic heterocycles. The molecule has 0 spiro atoms. The molecule has 0 amide bonds. The minimum atomic E-state index is -3.08. The second-order valence-electron chi connectivity index (χ2n) is 5.75. The van der Waals surface area contributed by atoms with E-state index in [4.69, 9.17) is 9.26 Å². The summed E-state index contributed by atoms with van der Waals surface area (Å²) in [4.78, 5) is 31.0. The van der Waals surface area contributed by atoms with Gasteiger partial charge in [0.15, 0.2) is 18.2 Å². The van der Waals surface area contributed by atoms with Crippen molar-refractivity contribution in [1.29, 1.82) is 0 Å². The molecule has 0 aliphatic rings. The lowest BCUT2D eigenvalue weighted by Crippen LogP contribution is -2.22. The van der Waals surface area contributed by atoms with Crippen LogP contribution in [0.5, 0.6) is 6.01 Å². The third-order valence-electron chi connectivity index (χ3n) is 3.41. The monoisotopic (exact) mass is 409 g/mol. The number of hydrogen-bond acceptors (Lipinski definition) is 8. The number of rotatable bonds is 7. The fraction of sp³-hybridized carbons (Fsp3) is 0.250. The summed E-state index contributed by atoms with van der Waals surface area (Å²) < 4.78 is 36.5. The average molecular weight is 409 g/mol. The lowest BCUT2D eigenvalue weighted by atomic mass is 10.2. The van der Waals surface area contributed by atoms with Gasteiger partial charge in [0.25, 0.3) is 11.2 Å². The van der Waals surface area contributed by atoms with E-state index in [-0.39, 0.29) is 29.8 Å². The summed E-state index contributed by atoms with van der Waals surface area (Å²) in [5, 5.41) is 7.80. The normalized spacial score (nSPS) is 11.4. The summed E-state index contributed by atoms with van der Waals surface area (Å²) >= 11 is 0. The first kappa shape index (κ1) is 19.7. The van der Waals surface area contributed by atoms with Crippen LogP contribution in [-0.4, -0.2) is 43.0 Å². The van der Waals surface area contributed by atoms with Gasteiger partial charge in [0.05, 0.1) is 5.69 Å². The maximum absolute atomic E-state index is 12.8. The minimum Gasteiger partial charge on any atom is -0.457 e. The molecular weight excluding hydrogens is 395 g/mol. The molecule has 0 aromatic carbocycles. The molecule has 0 radical (unpaired) electrons. The number of carbonyl (C=O) groups excluding carboxylic acids is 1. The number of aromatic nitrogens is 5. The molecule has 0 fully saturated rings. The van der Waals surface area contributed by atoms with Crippen LogP contribution in [0.4, 0.5) is 8.78 Å². The number of alkyl halides is 2. The van der Waals surface area contributed by atoms with Crippen LogP contribution in [0.1, 0.15) is 23.2 Å². The highest BCUT2D eigenvalue weighted by Crippen LogP contribution is 2.22. The third kappa shape index (κ3) is 5.01. The first-order valence-corrected chi connectivity index (χ1v) is 8.45. The Hall–Kier alpha value is -3.07. The van der Waals surface area contributed by atoms with Crippen LogP contribution in [0.15, 0.2) is 39.9 Å². The lowest BCUT2D eigenvalue weighted by molar-refractivity contribution is 0.0422. The Labute approximate surface area is 158 Å². The summed E-state index contributed by atoms with van der Waals surface area (Å²) in [6.07, 6.45) is 2.67. The van der Waals surface area contributed by atoms with Crippen molar-refractivity contribution < 1.29 is 22.8 Å². The van der Waals surface area contributed by atoms with Crippen molar-refractivity contribution in [2.24, 2.45) is 0 Å². The van der Waals surface area contributed by atoms with Crippen molar-refractivity contribution in [2.45, 2.75) is 19.1 Å². The highest BCUT2D eigenvalue weighted by molar-refractivity contribution is 7.18. The van der Waals surface area contributed by atoms with Gasteiger partial charge in [-0.05, 0) is 6.07 Å². The van der Waals surface area contributed by atoms with E-state index in [2.05, 4.69) is 20.2 Å². The zero-order chi connectivity index (χ0) is 20.3. The molecule has 1 unspecified atom stereocenters. The highest BCUT2D eigenvalue weighted by Gasteiger charge is 2.22. The zero-order valence-electron chi connectivity index (χ0n) is 14.5. The number of carbonyl (C=O) groups is 1. The van der Waals surface area contributed by atoms with E-state index in [0.29, 0.717) is 11.3 Å². The molecule has 0 bridgehead atoms. The van der Waals surface area contributed by atoms with Crippen molar-refractivity contribution in [3.05, 3.63) is 52.4 Å². The van der Waals surface area contributed by atoms with E-state index >= 15 is 0 Å². The topological polar surface area (TPSA) is 113 Å². The molecule has 146 valence electrons. The lowest BCUT2D eigenvalue weighted by Gasteiger charge is -2.10. The van der Waals surface area contributed by atoms with Gasteiger partial charge in [-0.25, -0.2) is 14.6 Å². The molecule has 0 saturated carbocycles. The predicted octanol–water partition coefficient (Wildman–Crippen LogP) is 1.79. The van der Waals surface area contributed by atoms with Crippen LogP contribution < -0.4 is 10.3 Å². The Morgan fingerprint density at radius 1 is 1.32 bits per heavy atom. The first-order chi connectivity index (χ1) is 13.2. The van der Waals surface area contributed by atoms with Gasteiger partial charge in [0.1, 0.15) is 12.2 Å². The Kier molecular flexibility index (Phi) is 5.55. The van der Waals surface area contributed by atoms with E-state index in [1.807, 2.05) is 0 Å². The first-order valence-electron chi connectivity index (χ1n) is 7.88. The summed E-state index contributed by atoms with van der Waals surface area (Å²) in [5.74, 6) is 0.0262. The number of hydrogen-bond donors (Lipinski definition) is 0. The second-order valence-corrected chi connectivity index (χ2v) is 6.60. The molecule has 3 heterocycles. The fourth-order valence-corrected chi connectivity index (χ4v) is 2.18. The molecule has 9 nitrogen and oxygen atoms in total. The van der Waals surface area contributed by atoms with Gasteiger partial charge in [0.2, 0.25) is 0 Å². The van der Waals surface area contributed by atoms with Crippen LogP contribution in [0.25, 0.3) is 11.3 Å². The standard InChI is InChI=1S/C16H14F2N5O4P/c1-9(24)13-4-11(27-22-13)7-23-14(25)3-2-12(21-23)10-5-19-15(20-6-10)26-8-16(17,18)28/h2-6H,7-8,28H2,1H3. The van der Waals surface area contributed by atoms with Crippen LogP contribution >= 0.6 is 9.24 Å². The van der Waals surface area contributed by atoms with E-state index < -0.39 is 17.8 Å². The van der Waals surface area contributed by atoms with Crippen LogP contribution in [0, 0.1) is 0 Å². The molecule has 0 N–H and O–H groups in total. The van der Waals surface area contributed by atoms with Gasteiger partial charge >= 0.3 is 6.01 Å². The van der Waals surface area contributed by atoms with E-state index in [9.17, 15) is 18.4 Å². The van der Waals surface area contributed by atoms with Gasteiger partial charge in [-0.2, -0.15) is 13.9 Å². The van der Waals surface area contributed by atoms with E-state index in [1.165, 1.54) is 46.8 Å². The summed E-state index contributed by atoms with van der Waals surface area (Å²) in [6.45, 7) is 0.443. The van der Waals surface area contributed by atoms with Crippen molar-refractivity contribution in [3.8, 4) is 17.3 Å². The summed E-state index contributed by atoms with van der Waals surface area (Å²) in [5.41, 5.74) is -2.51. The molecule has 0 aliphatic carbocycles. The molecule has 1 atom stereocenters. The van der Waals surface area contributed by atoms with Gasteiger partial charge in [0, 0.05) is 37.0 Å². The van der Waals surface area contributed by atoms with Gasteiger partial charge < -0.3 is 9.26 Å². The SMILES string of the molecule is CC(=O)c1cc(Cn2nc(-c3cnc(OCC(F)(F)P)nc3)ccc2=O)on1. The number of Topliss-reactive ketones (excluding diaryl/α,β-unsaturated/α-hetero) is 1. The maximum atomic E-state index is 12.8. The molecule has 3 aromatic rings. The molecule has 28 heavy (non-hydrogen) atoms. The molecule has 3 aromatic heterocycles. The Morgan fingerprint density at radius 3 is 2.64 bits per heavy atom. The third-order valence-corrected chi connectivity index (χ3v) is 3.58. The molecule has 3 rings (SSSR count). The van der Waals surface area contributed by atoms with E-state index in [0.717, 1.165) is 4.68 Å². The molecule has 12 heteroatoms. The quantitative estimate of drug-likeness (QED) is 0.429. The second kappa shape index (κ2) is 7.89. The predicted molar refractivity (Wildman–Crippen MR) is 95.3 cm³/mol. The van der Waals surface area contributed by atoms with E-state index in [1.54, 1.807) is 0 Å². The number of ether oxygens (including phenoxy) is 1. The Morgan fingerprint density at radius 2 is 2.04 bits per heavy atom. The van der Waals surface area contributed by atoms with Crippen molar-refractivity contribution in [1.82, 2.24) is 24.9 Å². The van der Waals surface area contributed by atoms with Crippen molar-refractivity contribution in [2.75, 3.05) is 6.61 Å². The van der Waals surface area contributed by atoms with Crippen LogP contribution in [0.2, 0.25) is 0 Å². The van der Waals surface area contributed by atoms with Crippen molar-refractivity contribution in [3.63, 3.8) is 0 Å². The van der Waals surface area contributed by atoms with Gasteiger partial charge in [-0.15, -0.1) is 0 Å². The zero-order valence-corrected chi connectivity index (χ0v) is 15.7. The van der Waals surface area contributed by atoms with Gasteiger partial charge in [-0.3, -0.25) is 9.59 Å². The van der Waals surface area contributed by atoms with Gasteiger partial charge in [-0.1, -0.05) is 14.4 Å². The summed E-state index contributed by atoms with van der Waals surface area (Å²) in [7, 11) is 1.36. The molecular formula is C16H14F2N5O4P. The fourth-order valence-electron chi connectivity index (χ4n) is 2.10. The summed E-state index contributed by atoms with van der Waals surface area (Å²) in [6, 6.07) is 3.98. The maximum Gasteiger partial charge on any atom is 0.316 e. The molecule has 0 saturated heterocycles. The average Bonchev–Trinajstić information content (AvgIpc) is 3.11.